The minimum absolute atomic E-state index is 0.0695. The Balaban J connectivity index is 1.87. The molecule has 1 atom stereocenters. The molecule has 0 saturated carbocycles. The Kier molecular flexibility index (Phi) is 4.31. The van der Waals surface area contributed by atoms with Crippen molar-refractivity contribution in [2.24, 2.45) is 0 Å². The lowest BCUT2D eigenvalue weighted by atomic mass is 10.1. The Hall–Kier alpha value is -1.72. The zero-order valence-corrected chi connectivity index (χ0v) is 12.7. The van der Waals surface area contributed by atoms with Crippen molar-refractivity contribution in [3.05, 3.63) is 74.6 Å². The summed E-state index contributed by atoms with van der Waals surface area (Å²) in [6.45, 7) is 0. The van der Waals surface area contributed by atoms with Crippen LogP contribution < -0.4 is 5.32 Å². The van der Waals surface area contributed by atoms with E-state index < -0.39 is 11.6 Å². The van der Waals surface area contributed by atoms with Gasteiger partial charge in [0.1, 0.15) is 0 Å². The first-order valence-electron chi connectivity index (χ1n) is 6.50. The van der Waals surface area contributed by atoms with Gasteiger partial charge in [-0.25, -0.2) is 8.78 Å². The molecule has 0 spiro atoms. The molecule has 0 aliphatic carbocycles. The van der Waals surface area contributed by atoms with Gasteiger partial charge in [0.25, 0.3) is 0 Å². The summed E-state index contributed by atoms with van der Waals surface area (Å²) in [7, 11) is 0. The van der Waals surface area contributed by atoms with Gasteiger partial charge in [0.05, 0.1) is 11.7 Å². The van der Waals surface area contributed by atoms with Crippen molar-refractivity contribution in [3.63, 3.8) is 0 Å². The fourth-order valence-corrected chi connectivity index (χ4v) is 3.68. The molecule has 1 N–H and O–H groups in total. The van der Waals surface area contributed by atoms with Gasteiger partial charge in [0, 0.05) is 16.2 Å². The summed E-state index contributed by atoms with van der Waals surface area (Å²) in [4.78, 5) is 2.31. The summed E-state index contributed by atoms with van der Waals surface area (Å²) in [6, 6.07) is 12.1. The second-order valence-electron chi connectivity index (χ2n) is 4.60. The molecule has 3 rings (SSSR count). The minimum atomic E-state index is -0.832. The molecule has 0 radical (unpaired) electrons. The van der Waals surface area contributed by atoms with E-state index in [1.165, 1.54) is 10.9 Å². The molecule has 108 valence electrons. The first-order valence-corrected chi connectivity index (χ1v) is 8.26. The van der Waals surface area contributed by atoms with Gasteiger partial charge in [-0.3, -0.25) is 0 Å². The Morgan fingerprint density at radius 2 is 1.76 bits per heavy atom. The van der Waals surface area contributed by atoms with E-state index in [9.17, 15) is 8.78 Å². The van der Waals surface area contributed by atoms with E-state index in [4.69, 9.17) is 0 Å². The van der Waals surface area contributed by atoms with E-state index in [-0.39, 0.29) is 11.7 Å². The third-order valence-electron chi connectivity index (χ3n) is 3.15. The van der Waals surface area contributed by atoms with Crippen LogP contribution in [0.5, 0.6) is 0 Å². The number of hydrogen-bond donors (Lipinski definition) is 1. The number of rotatable bonds is 5. The van der Waals surface area contributed by atoms with Crippen molar-refractivity contribution in [2.75, 3.05) is 5.32 Å². The highest BCUT2D eigenvalue weighted by Gasteiger charge is 2.17. The number of thiophene rings is 2. The lowest BCUT2D eigenvalue weighted by molar-refractivity contribution is 0.509. The second kappa shape index (κ2) is 6.37. The van der Waals surface area contributed by atoms with E-state index in [0.717, 1.165) is 17.4 Å². The third kappa shape index (κ3) is 3.31. The van der Waals surface area contributed by atoms with Crippen LogP contribution in [0.4, 0.5) is 14.5 Å². The highest BCUT2D eigenvalue weighted by molar-refractivity contribution is 7.10. The number of nitrogens with one attached hydrogen (secondary N) is 1. The van der Waals surface area contributed by atoms with Crippen LogP contribution in [0, 0.1) is 11.6 Å². The Morgan fingerprint density at radius 1 is 0.952 bits per heavy atom. The summed E-state index contributed by atoms with van der Waals surface area (Å²) in [5, 5.41) is 7.13. The molecule has 5 heteroatoms. The normalized spacial score (nSPS) is 12.3. The van der Waals surface area contributed by atoms with Gasteiger partial charge in [-0.15, -0.1) is 22.7 Å². The van der Waals surface area contributed by atoms with Crippen LogP contribution in [-0.2, 0) is 6.42 Å². The maximum atomic E-state index is 13.9. The molecular weight excluding hydrogens is 308 g/mol. The molecule has 3 aromatic rings. The minimum Gasteiger partial charge on any atom is -0.375 e. The van der Waals surface area contributed by atoms with Gasteiger partial charge < -0.3 is 5.32 Å². The monoisotopic (exact) mass is 321 g/mol. The van der Waals surface area contributed by atoms with Gasteiger partial charge in [0.15, 0.2) is 11.6 Å². The molecule has 2 heterocycles. The van der Waals surface area contributed by atoms with Crippen LogP contribution in [0.15, 0.2) is 53.2 Å². The standard InChI is InChI=1S/C16H13F2NS2/c17-12-5-1-6-13(16(12)18)19-14(15-7-3-9-21-15)10-11-4-2-8-20-11/h1-9,14,19H,10H2. The zero-order valence-electron chi connectivity index (χ0n) is 11.1. The molecule has 2 aromatic heterocycles. The van der Waals surface area contributed by atoms with Crippen LogP contribution in [0.2, 0.25) is 0 Å². The van der Waals surface area contributed by atoms with Crippen molar-refractivity contribution < 1.29 is 8.78 Å². The highest BCUT2D eigenvalue weighted by Crippen LogP contribution is 2.29. The van der Waals surface area contributed by atoms with E-state index in [1.807, 2.05) is 29.0 Å². The molecule has 21 heavy (non-hydrogen) atoms. The van der Waals surface area contributed by atoms with Crippen molar-refractivity contribution in [2.45, 2.75) is 12.5 Å². The Labute approximate surface area is 129 Å². The SMILES string of the molecule is Fc1cccc(NC(Cc2cccs2)c2cccs2)c1F. The number of halogens is 2. The Morgan fingerprint density at radius 3 is 2.48 bits per heavy atom. The van der Waals surface area contributed by atoms with E-state index in [1.54, 1.807) is 28.7 Å². The molecule has 0 bridgehead atoms. The zero-order chi connectivity index (χ0) is 14.7. The topological polar surface area (TPSA) is 12.0 Å². The third-order valence-corrected chi connectivity index (χ3v) is 5.04. The summed E-state index contributed by atoms with van der Waals surface area (Å²) >= 11 is 3.27. The first-order chi connectivity index (χ1) is 10.2. The number of benzene rings is 1. The van der Waals surface area contributed by atoms with Gasteiger partial charge in [0.2, 0.25) is 0 Å². The number of anilines is 1. The summed E-state index contributed by atoms with van der Waals surface area (Å²) < 4.78 is 27.2. The average Bonchev–Trinajstić information content (AvgIpc) is 3.16. The quantitative estimate of drug-likeness (QED) is 0.656. The maximum absolute atomic E-state index is 13.9. The highest BCUT2D eigenvalue weighted by atomic mass is 32.1. The lowest BCUT2D eigenvalue weighted by Crippen LogP contribution is -2.13. The van der Waals surface area contributed by atoms with Crippen LogP contribution >= 0.6 is 22.7 Å². The van der Waals surface area contributed by atoms with Crippen molar-refractivity contribution in [3.8, 4) is 0 Å². The lowest BCUT2D eigenvalue weighted by Gasteiger charge is -2.18. The molecule has 0 fully saturated rings. The number of hydrogen-bond acceptors (Lipinski definition) is 3. The van der Waals surface area contributed by atoms with Crippen LogP contribution in [-0.4, -0.2) is 0 Å². The van der Waals surface area contributed by atoms with E-state index >= 15 is 0 Å². The van der Waals surface area contributed by atoms with Crippen molar-refractivity contribution in [1.29, 1.82) is 0 Å². The second-order valence-corrected chi connectivity index (χ2v) is 6.61. The van der Waals surface area contributed by atoms with E-state index in [2.05, 4.69) is 11.4 Å². The smallest absolute Gasteiger partial charge is 0.181 e. The maximum Gasteiger partial charge on any atom is 0.181 e. The molecule has 0 amide bonds. The summed E-state index contributed by atoms with van der Waals surface area (Å²) in [6.07, 6.45) is 0.744. The molecule has 1 aromatic carbocycles. The molecular formula is C16H13F2NS2. The van der Waals surface area contributed by atoms with E-state index in [0.29, 0.717) is 0 Å². The Bertz CT molecular complexity index is 693. The van der Waals surface area contributed by atoms with Crippen LogP contribution in [0.3, 0.4) is 0 Å². The molecule has 1 unspecified atom stereocenters. The van der Waals surface area contributed by atoms with Gasteiger partial charge in [-0.2, -0.15) is 0 Å². The predicted octanol–water partition coefficient (Wildman–Crippen LogP) is 5.48. The van der Waals surface area contributed by atoms with Gasteiger partial charge >= 0.3 is 0 Å². The van der Waals surface area contributed by atoms with Crippen molar-refractivity contribution in [1.82, 2.24) is 0 Å². The van der Waals surface area contributed by atoms with Crippen LogP contribution in [0.1, 0.15) is 15.8 Å². The fourth-order valence-electron chi connectivity index (χ4n) is 2.15. The fraction of sp³-hybridized carbons (Fsp3) is 0.125. The summed E-state index contributed by atoms with van der Waals surface area (Å²) in [5.74, 6) is -1.66. The molecule has 0 aliphatic rings. The van der Waals surface area contributed by atoms with Crippen LogP contribution in [0.25, 0.3) is 0 Å². The van der Waals surface area contributed by atoms with Gasteiger partial charge in [-0.1, -0.05) is 18.2 Å². The molecule has 0 aliphatic heterocycles. The largest absolute Gasteiger partial charge is 0.375 e. The average molecular weight is 321 g/mol. The summed E-state index contributed by atoms with van der Waals surface area (Å²) in [5.41, 5.74) is 0.199. The molecule has 0 saturated heterocycles. The first kappa shape index (κ1) is 14.2. The predicted molar refractivity (Wildman–Crippen MR) is 85.1 cm³/mol. The van der Waals surface area contributed by atoms with Gasteiger partial charge in [-0.05, 0) is 35.0 Å². The molecule has 1 nitrogen and oxygen atoms in total. The van der Waals surface area contributed by atoms with Crippen molar-refractivity contribution >= 4 is 28.4 Å².